The van der Waals surface area contributed by atoms with Crippen LogP contribution in [0.2, 0.25) is 0 Å². The number of H-pyrrole nitrogens is 1. The van der Waals surface area contributed by atoms with Crippen LogP contribution in [0.1, 0.15) is 72.6 Å². The van der Waals surface area contributed by atoms with Crippen molar-refractivity contribution in [2.75, 3.05) is 6.54 Å². The molecule has 7 nitrogen and oxygen atoms in total. The topological polar surface area (TPSA) is 92.3 Å². The molecule has 3 N–H and O–H groups in total. The van der Waals surface area contributed by atoms with Crippen molar-refractivity contribution in [2.45, 2.75) is 78.3 Å². The number of nitrogens with zero attached hydrogens (tertiary/aromatic N) is 4. The smallest absolute Gasteiger partial charge is 0.234 e. The normalized spacial score (nSPS) is 23.3. The zero-order chi connectivity index (χ0) is 24.8. The third kappa shape index (κ3) is 3.22. The number of piperidine rings is 1. The maximum absolute atomic E-state index is 11.8. The third-order valence-corrected chi connectivity index (χ3v) is 10.1. The number of carbonyl (C=O) groups is 1. The van der Waals surface area contributed by atoms with Gasteiger partial charge in [0.1, 0.15) is 11.2 Å². The number of hydrogen-bond donors (Lipinski definition) is 2. The monoisotopic (exact) mass is 490 g/mol. The quantitative estimate of drug-likeness (QED) is 0.410. The average molecular weight is 491 g/mol. The predicted molar refractivity (Wildman–Crippen MR) is 141 cm³/mol. The molecule has 0 spiro atoms. The van der Waals surface area contributed by atoms with Gasteiger partial charge in [-0.25, -0.2) is 9.50 Å². The summed E-state index contributed by atoms with van der Waals surface area (Å²) in [5, 5.41) is 5.82. The van der Waals surface area contributed by atoms with E-state index in [1.807, 2.05) is 22.8 Å². The zero-order valence-corrected chi connectivity index (χ0v) is 22.2. The number of carbonyl (C=O) groups excluding carboxylic acids is 1. The van der Waals surface area contributed by atoms with Crippen molar-refractivity contribution < 1.29 is 4.79 Å². The van der Waals surface area contributed by atoms with Crippen LogP contribution >= 0.6 is 11.3 Å². The lowest BCUT2D eigenvalue weighted by molar-refractivity contribution is -0.123. The molecule has 2 aliphatic rings. The van der Waals surface area contributed by atoms with E-state index in [0.29, 0.717) is 23.8 Å². The number of primary amides is 1. The number of likely N-dealkylation sites (tertiary alicyclic amines) is 1. The Kier molecular flexibility index (Phi) is 5.13. The Morgan fingerprint density at radius 3 is 2.60 bits per heavy atom. The lowest BCUT2D eigenvalue weighted by Crippen LogP contribution is -2.47. The van der Waals surface area contributed by atoms with Crippen molar-refractivity contribution in [3.8, 4) is 11.3 Å². The van der Waals surface area contributed by atoms with Crippen LogP contribution in [0.3, 0.4) is 0 Å². The van der Waals surface area contributed by atoms with Crippen LogP contribution < -0.4 is 5.73 Å². The summed E-state index contributed by atoms with van der Waals surface area (Å²) >= 11 is 1.94. The Morgan fingerprint density at radius 1 is 1.17 bits per heavy atom. The molecule has 4 aromatic heterocycles. The second-order valence-corrected chi connectivity index (χ2v) is 12.0. The van der Waals surface area contributed by atoms with E-state index in [2.05, 4.69) is 60.8 Å². The fraction of sp³-hybridized carbons (Fsp3) is 0.519. The van der Waals surface area contributed by atoms with Crippen LogP contribution in [0.25, 0.3) is 27.1 Å². The Balaban J connectivity index is 1.42. The fourth-order valence-corrected chi connectivity index (χ4v) is 8.23. The zero-order valence-electron chi connectivity index (χ0n) is 21.3. The summed E-state index contributed by atoms with van der Waals surface area (Å²) in [6.45, 7) is 14.1. The van der Waals surface area contributed by atoms with Crippen LogP contribution in [0.4, 0.5) is 0 Å². The summed E-state index contributed by atoms with van der Waals surface area (Å²) in [6, 6.07) is 0.293. The van der Waals surface area contributed by atoms with E-state index in [9.17, 15) is 4.79 Å². The summed E-state index contributed by atoms with van der Waals surface area (Å²) in [5.41, 5.74) is 14.2. The standard InChI is InChI=1S/C27H34N6OS/c1-12(2)21-22-15(5)24(19-8-18-7-17(19)9-32(18)16(6)25(28)34)35-27(22)31-23(21)20-10-33-26(29-11-30-33)14(4)13(20)3/h10-12,16-19,31H,7-9H2,1-6H3,(H2,28,34)/t16?,17-,18?,19+/m0/s1. The van der Waals surface area contributed by atoms with Gasteiger partial charge in [0.05, 0.1) is 11.7 Å². The predicted octanol–water partition coefficient (Wildman–Crippen LogP) is 5.04. The molecular formula is C27H34N6OS. The lowest BCUT2D eigenvalue weighted by Gasteiger charge is -2.34. The minimum Gasteiger partial charge on any atom is -0.368 e. The number of thiophene rings is 1. The molecule has 1 amide bonds. The largest absolute Gasteiger partial charge is 0.368 e. The number of nitrogens with two attached hydrogens (primary N) is 1. The maximum Gasteiger partial charge on any atom is 0.234 e. The van der Waals surface area contributed by atoms with Gasteiger partial charge in [-0.15, -0.1) is 11.3 Å². The highest BCUT2D eigenvalue weighted by Gasteiger charge is 2.48. The Morgan fingerprint density at radius 2 is 1.94 bits per heavy atom. The number of nitrogens with one attached hydrogen (secondary N) is 1. The lowest BCUT2D eigenvalue weighted by atomic mass is 9.88. The van der Waals surface area contributed by atoms with Gasteiger partial charge in [0, 0.05) is 34.6 Å². The minimum absolute atomic E-state index is 0.172. The molecule has 1 aliphatic carbocycles. The van der Waals surface area contributed by atoms with E-state index in [1.165, 1.54) is 55.0 Å². The van der Waals surface area contributed by atoms with Gasteiger partial charge in [-0.3, -0.25) is 9.69 Å². The molecule has 2 bridgehead atoms. The van der Waals surface area contributed by atoms with Gasteiger partial charge in [0.25, 0.3) is 0 Å². The van der Waals surface area contributed by atoms with Crippen LogP contribution in [0.15, 0.2) is 12.5 Å². The fourth-order valence-electron chi connectivity index (χ4n) is 6.79. The van der Waals surface area contributed by atoms with Gasteiger partial charge in [-0.05, 0) is 80.5 Å². The molecule has 1 saturated heterocycles. The summed E-state index contributed by atoms with van der Waals surface area (Å²) in [4.78, 5) is 25.2. The minimum atomic E-state index is -0.210. The van der Waals surface area contributed by atoms with Crippen LogP contribution in [0.5, 0.6) is 0 Å². The molecule has 184 valence electrons. The van der Waals surface area contributed by atoms with Gasteiger partial charge in [0.15, 0.2) is 5.65 Å². The summed E-state index contributed by atoms with van der Waals surface area (Å²) < 4.78 is 1.89. The van der Waals surface area contributed by atoms with E-state index in [1.54, 1.807) is 6.33 Å². The highest BCUT2D eigenvalue weighted by Crippen LogP contribution is 2.53. The highest BCUT2D eigenvalue weighted by molar-refractivity contribution is 7.19. The molecule has 6 rings (SSSR count). The van der Waals surface area contributed by atoms with Gasteiger partial charge >= 0.3 is 0 Å². The first-order valence-corrected chi connectivity index (χ1v) is 13.5. The summed E-state index contributed by atoms with van der Waals surface area (Å²) in [7, 11) is 0. The molecule has 4 atom stereocenters. The van der Waals surface area contributed by atoms with E-state index in [-0.39, 0.29) is 11.9 Å². The number of aromatic amines is 1. The van der Waals surface area contributed by atoms with Gasteiger partial charge in [0.2, 0.25) is 5.91 Å². The molecule has 35 heavy (non-hydrogen) atoms. The van der Waals surface area contributed by atoms with E-state index >= 15 is 0 Å². The van der Waals surface area contributed by atoms with E-state index in [4.69, 9.17) is 5.73 Å². The van der Waals surface area contributed by atoms with Crippen molar-refractivity contribution in [1.82, 2.24) is 24.5 Å². The van der Waals surface area contributed by atoms with Crippen molar-refractivity contribution in [3.05, 3.63) is 39.7 Å². The third-order valence-electron chi connectivity index (χ3n) is 8.76. The van der Waals surface area contributed by atoms with Crippen molar-refractivity contribution in [1.29, 1.82) is 0 Å². The van der Waals surface area contributed by atoms with Crippen LogP contribution in [-0.4, -0.2) is 49.0 Å². The number of hydrogen-bond acceptors (Lipinski definition) is 5. The first-order valence-electron chi connectivity index (χ1n) is 12.7. The number of rotatable bonds is 5. The van der Waals surface area contributed by atoms with Crippen molar-refractivity contribution in [3.63, 3.8) is 0 Å². The van der Waals surface area contributed by atoms with E-state index < -0.39 is 0 Å². The molecule has 5 heterocycles. The molecule has 0 radical (unpaired) electrons. The maximum atomic E-state index is 11.8. The highest BCUT2D eigenvalue weighted by atomic mass is 32.1. The van der Waals surface area contributed by atoms with Gasteiger partial charge in [-0.1, -0.05) is 13.8 Å². The Bertz CT molecular complexity index is 1480. The first-order chi connectivity index (χ1) is 16.7. The van der Waals surface area contributed by atoms with Crippen LogP contribution in [-0.2, 0) is 4.79 Å². The Hall–Kier alpha value is -2.71. The number of fused-ring (bicyclic) bond motifs is 4. The van der Waals surface area contributed by atoms with Crippen molar-refractivity contribution in [2.24, 2.45) is 11.7 Å². The summed E-state index contributed by atoms with van der Waals surface area (Å²) in [5.74, 6) is 1.35. The molecule has 2 fully saturated rings. The number of amides is 1. The van der Waals surface area contributed by atoms with Gasteiger partial charge in [-0.2, -0.15) is 5.10 Å². The molecular weight excluding hydrogens is 456 g/mol. The molecule has 0 aromatic carbocycles. The molecule has 8 heteroatoms. The summed E-state index contributed by atoms with van der Waals surface area (Å²) in [6.07, 6.45) is 6.04. The number of aryl methyl sites for hydroxylation is 2. The molecule has 4 aromatic rings. The van der Waals surface area contributed by atoms with Crippen molar-refractivity contribution >= 4 is 33.1 Å². The molecule has 2 unspecified atom stereocenters. The number of pyridine rings is 1. The van der Waals surface area contributed by atoms with Crippen LogP contribution in [0, 0.1) is 26.7 Å². The Labute approximate surface area is 209 Å². The first kappa shape index (κ1) is 22.7. The molecule has 1 aliphatic heterocycles. The second-order valence-electron chi connectivity index (χ2n) is 11.0. The van der Waals surface area contributed by atoms with Gasteiger partial charge < -0.3 is 10.7 Å². The second kappa shape index (κ2) is 7.90. The van der Waals surface area contributed by atoms with E-state index in [0.717, 1.165) is 18.6 Å². The number of aromatic nitrogens is 4. The SMILES string of the molecule is Cc1c(-c2[nH]c3sc([C@@H]4CC5C[C@H]4CN5C(C)C(N)=O)c(C)c3c2C(C)C)cn2ncnc2c1C. The molecule has 1 saturated carbocycles. The average Bonchev–Trinajstić information content (AvgIpc) is 3.61.